The van der Waals surface area contributed by atoms with Crippen molar-refractivity contribution in [1.82, 2.24) is 14.7 Å². The van der Waals surface area contributed by atoms with E-state index in [9.17, 15) is 13.2 Å². The Morgan fingerprint density at radius 1 is 1.12 bits per heavy atom. The number of benzene rings is 1. The number of aromatic nitrogens is 3. The summed E-state index contributed by atoms with van der Waals surface area (Å²) >= 11 is 5.76. The van der Waals surface area contributed by atoms with Crippen LogP contribution >= 0.6 is 11.6 Å². The molecule has 2 aromatic heterocycles. The highest BCUT2D eigenvalue weighted by atomic mass is 35.5. The first-order chi connectivity index (χ1) is 11.5. The van der Waals surface area contributed by atoms with Gasteiger partial charge in [-0.15, -0.1) is 0 Å². The van der Waals surface area contributed by atoms with E-state index >= 15 is 0 Å². The van der Waals surface area contributed by atoms with Gasteiger partial charge in [0.05, 0.1) is 10.6 Å². The minimum atomic E-state index is -3.58. The standard InChI is InChI=1S/C15H12ClN3O4S/c16-11-4-6-12(7-5-11)24(21,22)10-9-19-14(18-23-15(19)20)13-3-1-2-8-17-13/h1-8H,9-10H2. The van der Waals surface area contributed by atoms with Crippen molar-refractivity contribution in [3.05, 3.63) is 64.2 Å². The van der Waals surface area contributed by atoms with E-state index in [1.54, 1.807) is 24.4 Å². The molecule has 0 saturated heterocycles. The minimum Gasteiger partial charge on any atom is -0.295 e. The second-order valence-electron chi connectivity index (χ2n) is 4.91. The molecule has 0 aliphatic heterocycles. The minimum absolute atomic E-state index is 0.0980. The molecule has 0 aliphatic rings. The molecule has 2 heterocycles. The summed E-state index contributed by atoms with van der Waals surface area (Å²) in [6.07, 6.45) is 1.54. The molecule has 0 unspecified atom stereocenters. The van der Waals surface area contributed by atoms with E-state index < -0.39 is 15.6 Å². The van der Waals surface area contributed by atoms with E-state index in [0.29, 0.717) is 10.7 Å². The number of hydrogen-bond acceptors (Lipinski definition) is 6. The van der Waals surface area contributed by atoms with Crippen molar-refractivity contribution < 1.29 is 12.9 Å². The lowest BCUT2D eigenvalue weighted by Crippen LogP contribution is -2.21. The van der Waals surface area contributed by atoms with Crippen molar-refractivity contribution in [3.8, 4) is 11.5 Å². The number of nitrogens with zero attached hydrogens (tertiary/aromatic N) is 3. The fourth-order valence-electron chi connectivity index (χ4n) is 2.12. The Bertz CT molecular complexity index is 995. The van der Waals surface area contributed by atoms with Crippen LogP contribution in [0.5, 0.6) is 0 Å². The Hall–Kier alpha value is -2.45. The van der Waals surface area contributed by atoms with Crippen LogP contribution in [0.15, 0.2) is 62.9 Å². The van der Waals surface area contributed by atoms with Gasteiger partial charge in [0.1, 0.15) is 5.69 Å². The van der Waals surface area contributed by atoms with Gasteiger partial charge in [0.2, 0.25) is 5.82 Å². The molecule has 7 nitrogen and oxygen atoms in total. The van der Waals surface area contributed by atoms with Crippen LogP contribution in [0.25, 0.3) is 11.5 Å². The van der Waals surface area contributed by atoms with Gasteiger partial charge in [0, 0.05) is 17.8 Å². The zero-order valence-electron chi connectivity index (χ0n) is 12.3. The zero-order chi connectivity index (χ0) is 17.2. The maximum absolute atomic E-state index is 12.4. The molecule has 3 aromatic rings. The third-order valence-electron chi connectivity index (χ3n) is 3.34. The molecule has 0 amide bonds. The van der Waals surface area contributed by atoms with Gasteiger partial charge < -0.3 is 0 Å². The van der Waals surface area contributed by atoms with E-state index in [2.05, 4.69) is 14.7 Å². The maximum atomic E-state index is 12.4. The highest BCUT2D eigenvalue weighted by molar-refractivity contribution is 7.91. The Kier molecular flexibility index (Phi) is 4.50. The summed E-state index contributed by atoms with van der Waals surface area (Å²) in [5.41, 5.74) is 0.423. The summed E-state index contributed by atoms with van der Waals surface area (Å²) in [6, 6.07) is 11.0. The summed E-state index contributed by atoms with van der Waals surface area (Å²) in [4.78, 5) is 16.0. The molecule has 0 atom stereocenters. The third-order valence-corrected chi connectivity index (χ3v) is 5.30. The first-order valence-electron chi connectivity index (χ1n) is 6.93. The van der Waals surface area contributed by atoms with E-state index in [1.807, 2.05) is 0 Å². The molecule has 0 fully saturated rings. The largest absolute Gasteiger partial charge is 0.441 e. The Morgan fingerprint density at radius 3 is 2.54 bits per heavy atom. The van der Waals surface area contributed by atoms with E-state index in [1.165, 1.54) is 24.3 Å². The van der Waals surface area contributed by atoms with Gasteiger partial charge in [-0.2, -0.15) is 0 Å². The van der Waals surface area contributed by atoms with E-state index in [-0.39, 0.29) is 23.0 Å². The average molecular weight is 366 g/mol. The van der Waals surface area contributed by atoms with Crippen LogP contribution in [-0.2, 0) is 16.4 Å². The summed E-state index contributed by atoms with van der Waals surface area (Å²) in [5, 5.41) is 4.12. The molecule has 3 rings (SSSR count). The predicted octanol–water partition coefficient (Wildman–Crippen LogP) is 2.03. The quantitative estimate of drug-likeness (QED) is 0.686. The number of hydrogen-bond donors (Lipinski definition) is 0. The van der Waals surface area contributed by atoms with Gasteiger partial charge in [-0.3, -0.25) is 14.1 Å². The Balaban J connectivity index is 1.86. The Labute approximate surface area is 142 Å². The molecular weight excluding hydrogens is 354 g/mol. The molecule has 0 radical (unpaired) electrons. The van der Waals surface area contributed by atoms with Gasteiger partial charge in [0.15, 0.2) is 9.84 Å². The normalized spacial score (nSPS) is 11.5. The van der Waals surface area contributed by atoms with E-state index in [4.69, 9.17) is 11.6 Å². The van der Waals surface area contributed by atoms with Gasteiger partial charge >= 0.3 is 5.76 Å². The number of rotatable bonds is 5. The van der Waals surface area contributed by atoms with Crippen molar-refractivity contribution in [2.45, 2.75) is 11.4 Å². The smallest absolute Gasteiger partial charge is 0.295 e. The fraction of sp³-hybridized carbons (Fsp3) is 0.133. The van der Waals surface area contributed by atoms with Crippen molar-refractivity contribution in [1.29, 1.82) is 0 Å². The van der Waals surface area contributed by atoms with Gasteiger partial charge in [0.25, 0.3) is 0 Å². The molecule has 0 bridgehead atoms. The topological polar surface area (TPSA) is 95.1 Å². The van der Waals surface area contributed by atoms with Crippen molar-refractivity contribution in [2.75, 3.05) is 5.75 Å². The van der Waals surface area contributed by atoms with Gasteiger partial charge in [-0.25, -0.2) is 13.2 Å². The van der Waals surface area contributed by atoms with E-state index in [0.717, 1.165) is 4.57 Å². The van der Waals surface area contributed by atoms with Crippen LogP contribution in [0.3, 0.4) is 0 Å². The molecule has 124 valence electrons. The van der Waals surface area contributed by atoms with Crippen LogP contribution < -0.4 is 5.76 Å². The van der Waals surface area contributed by atoms with Crippen molar-refractivity contribution in [2.24, 2.45) is 0 Å². The highest BCUT2D eigenvalue weighted by Crippen LogP contribution is 2.17. The second-order valence-corrected chi connectivity index (χ2v) is 7.46. The molecule has 1 aromatic carbocycles. The number of halogens is 1. The SMILES string of the molecule is O=c1onc(-c2ccccn2)n1CCS(=O)(=O)c1ccc(Cl)cc1. The van der Waals surface area contributed by atoms with Gasteiger partial charge in [-0.1, -0.05) is 22.8 Å². The second kappa shape index (κ2) is 6.58. The van der Waals surface area contributed by atoms with Gasteiger partial charge in [-0.05, 0) is 36.4 Å². The lowest BCUT2D eigenvalue weighted by atomic mass is 10.3. The fourth-order valence-corrected chi connectivity index (χ4v) is 3.45. The molecule has 0 spiro atoms. The summed E-state index contributed by atoms with van der Waals surface area (Å²) in [5.74, 6) is -0.830. The lowest BCUT2D eigenvalue weighted by molar-refractivity contribution is 0.377. The average Bonchev–Trinajstić information content (AvgIpc) is 2.95. The van der Waals surface area contributed by atoms with Crippen LogP contribution in [0.4, 0.5) is 0 Å². The monoisotopic (exact) mass is 365 g/mol. The third kappa shape index (κ3) is 3.39. The molecular formula is C15H12ClN3O4S. The van der Waals surface area contributed by atoms with Crippen molar-refractivity contribution in [3.63, 3.8) is 0 Å². The summed E-state index contributed by atoms with van der Waals surface area (Å²) in [6.45, 7) is -0.0980. The van der Waals surface area contributed by atoms with Crippen LogP contribution in [0, 0.1) is 0 Å². The first-order valence-corrected chi connectivity index (χ1v) is 8.97. The van der Waals surface area contributed by atoms with Crippen LogP contribution in [-0.4, -0.2) is 28.9 Å². The molecule has 0 aliphatic carbocycles. The van der Waals surface area contributed by atoms with Crippen LogP contribution in [0.2, 0.25) is 5.02 Å². The number of sulfone groups is 1. The lowest BCUT2D eigenvalue weighted by Gasteiger charge is -2.06. The molecule has 0 N–H and O–H groups in total. The highest BCUT2D eigenvalue weighted by Gasteiger charge is 2.19. The molecule has 24 heavy (non-hydrogen) atoms. The zero-order valence-corrected chi connectivity index (χ0v) is 13.9. The molecule has 9 heteroatoms. The maximum Gasteiger partial charge on any atom is 0.441 e. The molecule has 0 saturated carbocycles. The summed E-state index contributed by atoms with van der Waals surface area (Å²) in [7, 11) is -3.58. The Morgan fingerprint density at radius 2 is 1.88 bits per heavy atom. The number of pyridine rings is 1. The summed E-state index contributed by atoms with van der Waals surface area (Å²) < 4.78 is 30.5. The first kappa shape index (κ1) is 16.4. The van der Waals surface area contributed by atoms with Crippen molar-refractivity contribution >= 4 is 21.4 Å². The van der Waals surface area contributed by atoms with Crippen LogP contribution in [0.1, 0.15) is 0 Å². The predicted molar refractivity (Wildman–Crippen MR) is 87.5 cm³/mol.